The molecule has 1 rings (SSSR count). The predicted octanol–water partition coefficient (Wildman–Crippen LogP) is 2.22. The summed E-state index contributed by atoms with van der Waals surface area (Å²) in [5, 5.41) is 3.40. The van der Waals surface area contributed by atoms with Gasteiger partial charge in [-0.15, -0.1) is 0 Å². The molecule has 0 saturated carbocycles. The number of rotatable bonds is 4. The molecule has 94 valence electrons. The topological polar surface area (TPSA) is 32.3 Å². The Morgan fingerprint density at radius 2 is 1.88 bits per heavy atom. The van der Waals surface area contributed by atoms with E-state index in [1.165, 1.54) is 0 Å². The molecule has 0 aromatic carbocycles. The maximum atomic E-state index is 12.3. The van der Waals surface area contributed by atoms with Crippen molar-refractivity contribution in [3.63, 3.8) is 0 Å². The van der Waals surface area contributed by atoms with Gasteiger partial charge in [-0.2, -0.15) is 0 Å². The first kappa shape index (κ1) is 13.5. The lowest BCUT2D eigenvalue weighted by molar-refractivity contribution is -0.133. The van der Waals surface area contributed by atoms with E-state index in [1.807, 2.05) is 0 Å². The van der Waals surface area contributed by atoms with E-state index in [1.54, 1.807) is 0 Å². The Hall–Kier alpha value is -0.570. The Labute approximate surface area is 99.6 Å². The summed E-state index contributed by atoms with van der Waals surface area (Å²) in [5.41, 5.74) is 0. The molecule has 0 aromatic heterocycles. The molecule has 0 aromatic rings. The van der Waals surface area contributed by atoms with Crippen molar-refractivity contribution >= 4 is 5.91 Å². The fraction of sp³-hybridized carbons (Fsp3) is 0.923. The number of carbonyl (C=O) groups is 1. The molecule has 1 aliphatic rings. The van der Waals surface area contributed by atoms with Crippen LogP contribution in [0.25, 0.3) is 0 Å². The number of nitrogens with zero attached hydrogens (tertiary/aromatic N) is 1. The van der Waals surface area contributed by atoms with Gasteiger partial charge in [-0.25, -0.2) is 0 Å². The van der Waals surface area contributed by atoms with Gasteiger partial charge < -0.3 is 4.90 Å². The summed E-state index contributed by atoms with van der Waals surface area (Å²) >= 11 is 0. The summed E-state index contributed by atoms with van der Waals surface area (Å²) in [6.07, 6.45) is 1.20. The Morgan fingerprint density at radius 3 is 2.19 bits per heavy atom. The van der Waals surface area contributed by atoms with Crippen LogP contribution in [-0.4, -0.2) is 29.1 Å². The van der Waals surface area contributed by atoms with Gasteiger partial charge in [-0.3, -0.25) is 10.1 Å². The maximum Gasteiger partial charge on any atom is 0.241 e. The van der Waals surface area contributed by atoms with Crippen molar-refractivity contribution in [2.75, 3.05) is 0 Å². The van der Waals surface area contributed by atoms with Gasteiger partial charge in [0.05, 0.1) is 12.2 Å². The normalized spacial score (nSPS) is 28.2. The molecule has 1 N–H and O–H groups in total. The summed E-state index contributed by atoms with van der Waals surface area (Å²) in [7, 11) is 0. The largest absolute Gasteiger partial charge is 0.323 e. The highest BCUT2D eigenvalue weighted by Gasteiger charge is 2.41. The van der Waals surface area contributed by atoms with Crippen molar-refractivity contribution < 1.29 is 4.79 Å². The van der Waals surface area contributed by atoms with Crippen LogP contribution in [0.15, 0.2) is 0 Å². The van der Waals surface area contributed by atoms with Crippen molar-refractivity contribution in [3.8, 4) is 0 Å². The van der Waals surface area contributed by atoms with Gasteiger partial charge in [0.1, 0.15) is 0 Å². The summed E-state index contributed by atoms with van der Waals surface area (Å²) in [6, 6.07) is 0.363. The molecule has 0 bridgehead atoms. The lowest BCUT2D eigenvalue weighted by atomic mass is 9.98. The minimum absolute atomic E-state index is 0.00259. The monoisotopic (exact) mass is 226 g/mol. The average Bonchev–Trinajstić information content (AvgIpc) is 2.46. The summed E-state index contributed by atoms with van der Waals surface area (Å²) in [4.78, 5) is 14.4. The number of carbonyl (C=O) groups excluding carboxylic acids is 1. The van der Waals surface area contributed by atoms with Crippen molar-refractivity contribution in [1.82, 2.24) is 10.2 Å². The molecule has 0 aliphatic carbocycles. The fourth-order valence-corrected chi connectivity index (χ4v) is 2.68. The predicted molar refractivity (Wildman–Crippen MR) is 67.0 cm³/mol. The molecular formula is C13H26N2O. The zero-order valence-corrected chi connectivity index (χ0v) is 11.4. The Kier molecular flexibility index (Phi) is 4.36. The minimum Gasteiger partial charge on any atom is -0.323 e. The highest BCUT2D eigenvalue weighted by molar-refractivity contribution is 5.84. The van der Waals surface area contributed by atoms with E-state index in [9.17, 15) is 4.79 Å². The van der Waals surface area contributed by atoms with Gasteiger partial charge in [0.15, 0.2) is 0 Å². The molecule has 3 heteroatoms. The van der Waals surface area contributed by atoms with Crippen molar-refractivity contribution in [3.05, 3.63) is 0 Å². The molecule has 3 nitrogen and oxygen atoms in total. The third-order valence-electron chi connectivity index (χ3n) is 3.57. The van der Waals surface area contributed by atoms with E-state index < -0.39 is 0 Å². The standard InChI is InChI=1S/C13H26N2O/c1-7-11(8(2)3)15-10(6)14-12(9(4)5)13(15)16/h8-12,14H,7H2,1-6H3. The first-order valence-corrected chi connectivity index (χ1v) is 6.48. The number of amides is 1. The summed E-state index contributed by atoms with van der Waals surface area (Å²) in [5.74, 6) is 1.16. The molecule has 0 spiro atoms. The Morgan fingerprint density at radius 1 is 1.31 bits per heavy atom. The maximum absolute atomic E-state index is 12.3. The van der Waals surface area contributed by atoms with E-state index in [0.29, 0.717) is 17.9 Å². The van der Waals surface area contributed by atoms with Crippen LogP contribution in [0, 0.1) is 11.8 Å². The van der Waals surface area contributed by atoms with Crippen LogP contribution >= 0.6 is 0 Å². The molecule has 1 heterocycles. The van der Waals surface area contributed by atoms with Gasteiger partial charge in [0.2, 0.25) is 5.91 Å². The van der Waals surface area contributed by atoms with Crippen LogP contribution in [0.1, 0.15) is 48.0 Å². The molecule has 1 fully saturated rings. The molecule has 3 unspecified atom stereocenters. The van der Waals surface area contributed by atoms with Crippen LogP contribution in [0.4, 0.5) is 0 Å². The summed E-state index contributed by atoms with van der Waals surface area (Å²) < 4.78 is 0. The van der Waals surface area contributed by atoms with E-state index in [0.717, 1.165) is 6.42 Å². The van der Waals surface area contributed by atoms with Gasteiger partial charge in [0.25, 0.3) is 0 Å². The summed E-state index contributed by atoms with van der Waals surface area (Å²) in [6.45, 7) is 12.8. The zero-order chi connectivity index (χ0) is 12.5. The van der Waals surface area contributed by atoms with Gasteiger partial charge in [-0.05, 0) is 25.2 Å². The van der Waals surface area contributed by atoms with Crippen LogP contribution in [0.3, 0.4) is 0 Å². The molecule has 3 atom stereocenters. The lowest BCUT2D eigenvalue weighted by Crippen LogP contribution is -2.45. The molecular weight excluding hydrogens is 200 g/mol. The highest BCUT2D eigenvalue weighted by atomic mass is 16.2. The second kappa shape index (κ2) is 5.17. The molecule has 1 saturated heterocycles. The molecule has 1 aliphatic heterocycles. The fourth-order valence-electron chi connectivity index (χ4n) is 2.68. The van der Waals surface area contributed by atoms with Crippen molar-refractivity contribution in [2.24, 2.45) is 11.8 Å². The smallest absolute Gasteiger partial charge is 0.241 e. The van der Waals surface area contributed by atoms with E-state index in [-0.39, 0.29) is 18.1 Å². The molecule has 1 amide bonds. The lowest BCUT2D eigenvalue weighted by Gasteiger charge is -2.33. The van der Waals surface area contributed by atoms with Crippen LogP contribution in [0.5, 0.6) is 0 Å². The molecule has 16 heavy (non-hydrogen) atoms. The van der Waals surface area contributed by atoms with Crippen molar-refractivity contribution in [1.29, 1.82) is 0 Å². The zero-order valence-electron chi connectivity index (χ0n) is 11.4. The van der Waals surface area contributed by atoms with Crippen LogP contribution in [0.2, 0.25) is 0 Å². The number of hydrogen-bond donors (Lipinski definition) is 1. The first-order chi connectivity index (χ1) is 7.40. The third-order valence-corrected chi connectivity index (χ3v) is 3.57. The van der Waals surface area contributed by atoms with E-state index in [2.05, 4.69) is 51.8 Å². The average molecular weight is 226 g/mol. The second-order valence-electron chi connectivity index (χ2n) is 5.53. The van der Waals surface area contributed by atoms with Crippen molar-refractivity contribution in [2.45, 2.75) is 66.2 Å². The Bertz CT molecular complexity index is 250. The Balaban J connectivity index is 2.85. The SMILES string of the molecule is CCC(C(C)C)N1C(=O)C(C(C)C)NC1C. The van der Waals surface area contributed by atoms with Gasteiger partial charge >= 0.3 is 0 Å². The van der Waals surface area contributed by atoms with Crippen LogP contribution in [-0.2, 0) is 4.79 Å². The minimum atomic E-state index is 0.00259. The van der Waals surface area contributed by atoms with Gasteiger partial charge in [-0.1, -0.05) is 34.6 Å². The second-order valence-corrected chi connectivity index (χ2v) is 5.53. The highest BCUT2D eigenvalue weighted by Crippen LogP contribution is 2.24. The first-order valence-electron chi connectivity index (χ1n) is 6.48. The quantitative estimate of drug-likeness (QED) is 0.797. The van der Waals surface area contributed by atoms with E-state index >= 15 is 0 Å². The van der Waals surface area contributed by atoms with Gasteiger partial charge in [0, 0.05) is 6.04 Å². The van der Waals surface area contributed by atoms with E-state index in [4.69, 9.17) is 0 Å². The number of hydrogen-bond acceptors (Lipinski definition) is 2. The third kappa shape index (κ3) is 2.40. The van der Waals surface area contributed by atoms with Crippen LogP contribution < -0.4 is 5.32 Å². The number of nitrogens with one attached hydrogen (secondary N) is 1. The molecule has 0 radical (unpaired) electrons.